The van der Waals surface area contributed by atoms with Crippen LogP contribution in [0.5, 0.6) is 0 Å². The quantitative estimate of drug-likeness (QED) is 0.621. The van der Waals surface area contributed by atoms with E-state index in [-0.39, 0.29) is 0 Å². The summed E-state index contributed by atoms with van der Waals surface area (Å²) in [7, 11) is -0.868. The lowest BCUT2D eigenvalue weighted by Gasteiger charge is -1.99. The lowest BCUT2D eigenvalue weighted by molar-refractivity contribution is 0.683. The third kappa shape index (κ3) is 1.70. The van der Waals surface area contributed by atoms with Gasteiger partial charge >= 0.3 is 0 Å². The van der Waals surface area contributed by atoms with E-state index in [1.54, 1.807) is 0 Å². The topological polar surface area (TPSA) is 29.4 Å². The van der Waals surface area contributed by atoms with Crippen molar-refractivity contribution in [2.75, 3.05) is 5.75 Å². The van der Waals surface area contributed by atoms with Crippen molar-refractivity contribution in [1.29, 1.82) is 0 Å². The van der Waals surface area contributed by atoms with Gasteiger partial charge in [0.1, 0.15) is 0 Å². The Morgan fingerprint density at radius 1 is 1.38 bits per heavy atom. The molecule has 1 aliphatic heterocycles. The second-order valence-electron chi connectivity index (χ2n) is 3.11. The van der Waals surface area contributed by atoms with Gasteiger partial charge < -0.3 is 0 Å². The van der Waals surface area contributed by atoms with Gasteiger partial charge in [0.05, 0.1) is 21.4 Å². The van der Waals surface area contributed by atoms with Crippen molar-refractivity contribution in [1.82, 2.24) is 0 Å². The van der Waals surface area contributed by atoms with E-state index in [0.29, 0.717) is 5.75 Å². The number of benzene rings is 1. The van der Waals surface area contributed by atoms with E-state index in [1.807, 2.05) is 31.2 Å². The molecule has 68 valence electrons. The summed E-state index contributed by atoms with van der Waals surface area (Å²) in [5.41, 5.74) is 1.94. The molecule has 1 unspecified atom stereocenters. The van der Waals surface area contributed by atoms with Crippen LogP contribution in [0.15, 0.2) is 34.2 Å². The van der Waals surface area contributed by atoms with Gasteiger partial charge in [-0.05, 0) is 25.5 Å². The maximum Gasteiger partial charge on any atom is 0.0790 e. The molecular formula is C10H11NOS. The van der Waals surface area contributed by atoms with Gasteiger partial charge in [-0.1, -0.05) is 12.1 Å². The first-order valence-electron chi connectivity index (χ1n) is 4.29. The van der Waals surface area contributed by atoms with Crippen LogP contribution in [0.3, 0.4) is 0 Å². The number of aliphatic imine (C=N–C) groups is 1. The standard InChI is InChI=1S/C10H11NOS/c1-8-6-7-13(12)10-5-3-2-4-9(10)11-8/h2-5H,6-7H2,1H3. The number of fused-ring (bicyclic) bond motifs is 1. The SMILES string of the molecule is CC1=Nc2ccccc2S(=O)CC1. The first kappa shape index (κ1) is 8.63. The molecule has 3 heteroatoms. The number of para-hydroxylation sites is 1. The fourth-order valence-electron chi connectivity index (χ4n) is 1.35. The van der Waals surface area contributed by atoms with Gasteiger partial charge in [-0.3, -0.25) is 9.20 Å². The van der Waals surface area contributed by atoms with E-state index in [4.69, 9.17) is 0 Å². The summed E-state index contributed by atoms with van der Waals surface area (Å²) in [6, 6.07) is 7.65. The number of nitrogens with zero attached hydrogens (tertiary/aromatic N) is 1. The smallest absolute Gasteiger partial charge is 0.0790 e. The molecule has 13 heavy (non-hydrogen) atoms. The van der Waals surface area contributed by atoms with E-state index >= 15 is 0 Å². The van der Waals surface area contributed by atoms with Gasteiger partial charge in [-0.25, -0.2) is 0 Å². The lowest BCUT2D eigenvalue weighted by atomic mass is 10.3. The molecule has 1 aromatic rings. The van der Waals surface area contributed by atoms with Crippen molar-refractivity contribution in [2.45, 2.75) is 18.2 Å². The predicted octanol–water partition coefficient (Wildman–Crippen LogP) is 2.29. The summed E-state index contributed by atoms with van der Waals surface area (Å²) >= 11 is 0. The van der Waals surface area contributed by atoms with E-state index in [0.717, 1.165) is 22.7 Å². The second-order valence-corrected chi connectivity index (χ2v) is 4.65. The molecule has 0 saturated carbocycles. The maximum atomic E-state index is 11.7. The highest BCUT2D eigenvalue weighted by Gasteiger charge is 2.12. The Labute approximate surface area is 80.2 Å². The maximum absolute atomic E-state index is 11.7. The molecular weight excluding hydrogens is 182 g/mol. The third-order valence-electron chi connectivity index (χ3n) is 2.07. The molecule has 1 aliphatic rings. The van der Waals surface area contributed by atoms with Crippen molar-refractivity contribution in [3.63, 3.8) is 0 Å². The van der Waals surface area contributed by atoms with Gasteiger partial charge in [-0.2, -0.15) is 0 Å². The van der Waals surface area contributed by atoms with Crippen LogP contribution in [-0.4, -0.2) is 15.7 Å². The zero-order valence-electron chi connectivity index (χ0n) is 7.49. The molecule has 0 aromatic heterocycles. The number of hydrogen-bond acceptors (Lipinski definition) is 2. The molecule has 1 aromatic carbocycles. The van der Waals surface area contributed by atoms with Crippen molar-refractivity contribution in [3.8, 4) is 0 Å². The van der Waals surface area contributed by atoms with Crippen LogP contribution in [-0.2, 0) is 10.8 Å². The summed E-state index contributed by atoms with van der Waals surface area (Å²) in [6.45, 7) is 1.99. The first-order chi connectivity index (χ1) is 6.27. The normalized spacial score (nSPS) is 21.6. The van der Waals surface area contributed by atoms with E-state index in [1.165, 1.54) is 0 Å². The van der Waals surface area contributed by atoms with Crippen LogP contribution in [0.2, 0.25) is 0 Å². The Morgan fingerprint density at radius 2 is 2.15 bits per heavy atom. The van der Waals surface area contributed by atoms with Crippen LogP contribution in [0, 0.1) is 0 Å². The molecule has 0 radical (unpaired) electrons. The lowest BCUT2D eigenvalue weighted by Crippen LogP contribution is -1.99. The minimum atomic E-state index is -0.868. The van der Waals surface area contributed by atoms with Crippen molar-refractivity contribution < 1.29 is 4.21 Å². The minimum Gasteiger partial charge on any atom is -0.257 e. The van der Waals surface area contributed by atoms with Crippen molar-refractivity contribution >= 4 is 22.2 Å². The Balaban J connectivity index is 2.57. The first-order valence-corrected chi connectivity index (χ1v) is 5.61. The third-order valence-corrected chi connectivity index (χ3v) is 3.48. The molecule has 0 N–H and O–H groups in total. The van der Waals surface area contributed by atoms with Crippen molar-refractivity contribution in [3.05, 3.63) is 24.3 Å². The molecule has 2 rings (SSSR count). The van der Waals surface area contributed by atoms with Crippen molar-refractivity contribution in [2.24, 2.45) is 4.99 Å². The summed E-state index contributed by atoms with van der Waals surface area (Å²) < 4.78 is 11.7. The summed E-state index contributed by atoms with van der Waals surface area (Å²) in [5, 5.41) is 0. The fourth-order valence-corrected chi connectivity index (χ4v) is 2.63. The fraction of sp³-hybridized carbons (Fsp3) is 0.300. The predicted molar refractivity (Wildman–Crippen MR) is 55.1 cm³/mol. The summed E-state index contributed by atoms with van der Waals surface area (Å²) in [5.74, 6) is 0.701. The zero-order chi connectivity index (χ0) is 9.26. The van der Waals surface area contributed by atoms with Gasteiger partial charge in [0, 0.05) is 11.5 Å². The number of rotatable bonds is 0. The summed E-state index contributed by atoms with van der Waals surface area (Å²) in [4.78, 5) is 5.29. The average molecular weight is 193 g/mol. The molecule has 2 nitrogen and oxygen atoms in total. The molecule has 0 aliphatic carbocycles. The van der Waals surface area contributed by atoms with Crippen LogP contribution >= 0.6 is 0 Å². The highest BCUT2D eigenvalue weighted by atomic mass is 32.2. The molecule has 0 amide bonds. The molecule has 1 atom stereocenters. The van der Waals surface area contributed by atoms with Crippen LogP contribution in [0.4, 0.5) is 5.69 Å². The second kappa shape index (κ2) is 3.42. The molecule has 0 fully saturated rings. The van der Waals surface area contributed by atoms with E-state index in [9.17, 15) is 4.21 Å². The molecule has 0 spiro atoms. The highest BCUT2D eigenvalue weighted by molar-refractivity contribution is 7.85. The Bertz CT molecular complexity index is 384. The van der Waals surface area contributed by atoms with E-state index in [2.05, 4.69) is 4.99 Å². The van der Waals surface area contributed by atoms with Crippen LogP contribution in [0.1, 0.15) is 13.3 Å². The molecule has 0 saturated heterocycles. The Hall–Kier alpha value is -0.960. The molecule has 1 heterocycles. The number of hydrogen-bond donors (Lipinski definition) is 0. The highest BCUT2D eigenvalue weighted by Crippen LogP contribution is 2.25. The molecule has 0 bridgehead atoms. The largest absolute Gasteiger partial charge is 0.257 e. The zero-order valence-corrected chi connectivity index (χ0v) is 8.30. The summed E-state index contributed by atoms with van der Waals surface area (Å²) in [6.07, 6.45) is 0.835. The monoisotopic (exact) mass is 193 g/mol. The van der Waals surface area contributed by atoms with E-state index < -0.39 is 10.8 Å². The van der Waals surface area contributed by atoms with Gasteiger partial charge in [0.2, 0.25) is 0 Å². The van der Waals surface area contributed by atoms with Gasteiger partial charge in [0.15, 0.2) is 0 Å². The minimum absolute atomic E-state index is 0.701. The Morgan fingerprint density at radius 3 is 3.00 bits per heavy atom. The Kier molecular flexibility index (Phi) is 2.27. The average Bonchev–Trinajstić information content (AvgIpc) is 2.27. The van der Waals surface area contributed by atoms with Crippen LogP contribution in [0.25, 0.3) is 0 Å². The van der Waals surface area contributed by atoms with Gasteiger partial charge in [0.25, 0.3) is 0 Å². The van der Waals surface area contributed by atoms with Gasteiger partial charge in [-0.15, -0.1) is 0 Å². The van der Waals surface area contributed by atoms with Crippen LogP contribution < -0.4 is 0 Å².